The van der Waals surface area contributed by atoms with Crippen LogP contribution >= 0.6 is 0 Å². The Morgan fingerprint density at radius 2 is 2.47 bits per heavy atom. The second kappa shape index (κ2) is 5.14. The Kier molecular flexibility index (Phi) is 3.58. The second-order valence-electron chi connectivity index (χ2n) is 4.12. The van der Waals surface area contributed by atoms with E-state index < -0.39 is 0 Å². The van der Waals surface area contributed by atoms with E-state index in [9.17, 15) is 4.79 Å². The van der Waals surface area contributed by atoms with Gasteiger partial charge in [0.15, 0.2) is 0 Å². The highest BCUT2D eigenvalue weighted by atomic mass is 16.5. The summed E-state index contributed by atoms with van der Waals surface area (Å²) in [6.45, 7) is 3.83. The number of pyridine rings is 1. The Labute approximate surface area is 101 Å². The molecule has 1 amide bonds. The molecule has 92 valence electrons. The minimum absolute atomic E-state index is 0.00602. The number of likely N-dealkylation sites (tertiary alicyclic amines) is 1. The van der Waals surface area contributed by atoms with Gasteiger partial charge in [-0.25, -0.2) is 4.98 Å². The van der Waals surface area contributed by atoms with Crippen LogP contribution in [0.5, 0.6) is 5.88 Å². The van der Waals surface area contributed by atoms with E-state index in [1.54, 1.807) is 23.2 Å². The summed E-state index contributed by atoms with van der Waals surface area (Å²) in [6.07, 6.45) is 2.42. The minimum atomic E-state index is -0.00602. The number of carbonyl (C=O) groups is 1. The quantitative estimate of drug-likeness (QED) is 0.835. The Morgan fingerprint density at radius 3 is 3.00 bits per heavy atom. The number of rotatable bonds is 3. The maximum absolute atomic E-state index is 12.1. The van der Waals surface area contributed by atoms with Crippen molar-refractivity contribution in [3.8, 4) is 5.88 Å². The van der Waals surface area contributed by atoms with Crippen molar-refractivity contribution >= 4 is 5.91 Å². The average Bonchev–Trinajstić information content (AvgIpc) is 2.76. The predicted octanol–water partition coefficient (Wildman–Crippen LogP) is 0.653. The molecule has 0 bridgehead atoms. The molecule has 1 aliphatic rings. The number of hydrogen-bond donors (Lipinski definition) is 1. The fourth-order valence-corrected chi connectivity index (χ4v) is 1.89. The standard InChI is InChI=1S/C12H17N3O2/c1-2-17-11-4-3-9(7-14-11)12(16)15-6-5-10(13)8-15/h3-4,7,10H,2,5-6,8,13H2,1H3/t10-/m0/s1. The second-order valence-corrected chi connectivity index (χ2v) is 4.12. The maximum atomic E-state index is 12.1. The summed E-state index contributed by atoms with van der Waals surface area (Å²) in [5.41, 5.74) is 6.36. The molecule has 1 atom stereocenters. The van der Waals surface area contributed by atoms with Crippen LogP contribution in [0.2, 0.25) is 0 Å². The Balaban J connectivity index is 2.04. The fourth-order valence-electron chi connectivity index (χ4n) is 1.89. The molecule has 17 heavy (non-hydrogen) atoms. The summed E-state index contributed by atoms with van der Waals surface area (Å²) in [7, 11) is 0. The Morgan fingerprint density at radius 1 is 1.65 bits per heavy atom. The summed E-state index contributed by atoms with van der Waals surface area (Å²) in [4.78, 5) is 17.9. The van der Waals surface area contributed by atoms with Crippen LogP contribution < -0.4 is 10.5 Å². The summed E-state index contributed by atoms with van der Waals surface area (Å²) in [5, 5.41) is 0. The largest absolute Gasteiger partial charge is 0.478 e. The zero-order chi connectivity index (χ0) is 12.3. The van der Waals surface area contributed by atoms with E-state index in [2.05, 4.69) is 4.98 Å². The molecular weight excluding hydrogens is 218 g/mol. The molecule has 1 aliphatic heterocycles. The third-order valence-corrected chi connectivity index (χ3v) is 2.79. The van der Waals surface area contributed by atoms with Gasteiger partial charge in [-0.2, -0.15) is 0 Å². The van der Waals surface area contributed by atoms with E-state index in [-0.39, 0.29) is 11.9 Å². The van der Waals surface area contributed by atoms with Crippen molar-refractivity contribution in [2.45, 2.75) is 19.4 Å². The topological polar surface area (TPSA) is 68.5 Å². The highest BCUT2D eigenvalue weighted by Gasteiger charge is 2.24. The van der Waals surface area contributed by atoms with Crippen LogP contribution in [0.4, 0.5) is 0 Å². The van der Waals surface area contributed by atoms with Gasteiger partial charge in [-0.15, -0.1) is 0 Å². The van der Waals surface area contributed by atoms with Crippen LogP contribution in [0, 0.1) is 0 Å². The van der Waals surface area contributed by atoms with Crippen molar-refractivity contribution in [3.05, 3.63) is 23.9 Å². The molecule has 0 spiro atoms. The molecule has 2 N–H and O–H groups in total. The molecule has 2 rings (SSSR count). The van der Waals surface area contributed by atoms with Gasteiger partial charge in [-0.05, 0) is 19.4 Å². The third-order valence-electron chi connectivity index (χ3n) is 2.79. The van der Waals surface area contributed by atoms with E-state index in [4.69, 9.17) is 10.5 Å². The number of nitrogens with two attached hydrogens (primary N) is 1. The third kappa shape index (κ3) is 2.74. The molecule has 1 aromatic heterocycles. The summed E-state index contributed by atoms with van der Waals surface area (Å²) < 4.78 is 5.23. The lowest BCUT2D eigenvalue weighted by molar-refractivity contribution is 0.0790. The molecule has 1 aromatic rings. The van der Waals surface area contributed by atoms with Gasteiger partial charge in [-0.3, -0.25) is 4.79 Å². The van der Waals surface area contributed by atoms with Crippen molar-refractivity contribution in [3.63, 3.8) is 0 Å². The van der Waals surface area contributed by atoms with E-state index >= 15 is 0 Å². The summed E-state index contributed by atoms with van der Waals surface area (Å²) >= 11 is 0. The van der Waals surface area contributed by atoms with Gasteiger partial charge in [0.2, 0.25) is 5.88 Å². The number of carbonyl (C=O) groups excluding carboxylic acids is 1. The number of nitrogens with zero attached hydrogens (tertiary/aromatic N) is 2. The fraction of sp³-hybridized carbons (Fsp3) is 0.500. The average molecular weight is 235 g/mol. The lowest BCUT2D eigenvalue weighted by Gasteiger charge is -2.15. The lowest BCUT2D eigenvalue weighted by atomic mass is 10.2. The van der Waals surface area contributed by atoms with Crippen molar-refractivity contribution in [1.82, 2.24) is 9.88 Å². The number of hydrogen-bond acceptors (Lipinski definition) is 4. The van der Waals surface area contributed by atoms with Crippen molar-refractivity contribution in [2.24, 2.45) is 5.73 Å². The number of aromatic nitrogens is 1. The van der Waals surface area contributed by atoms with Crippen molar-refractivity contribution in [1.29, 1.82) is 0 Å². The minimum Gasteiger partial charge on any atom is -0.478 e. The highest BCUT2D eigenvalue weighted by molar-refractivity contribution is 5.94. The van der Waals surface area contributed by atoms with Gasteiger partial charge < -0.3 is 15.4 Å². The first-order chi connectivity index (χ1) is 8.20. The monoisotopic (exact) mass is 235 g/mol. The molecule has 0 aromatic carbocycles. The SMILES string of the molecule is CCOc1ccc(C(=O)N2CC[C@H](N)C2)cn1. The summed E-state index contributed by atoms with van der Waals surface area (Å²) in [5.74, 6) is 0.538. The zero-order valence-corrected chi connectivity index (χ0v) is 9.93. The van der Waals surface area contributed by atoms with Crippen LogP contribution in [0.1, 0.15) is 23.7 Å². The van der Waals surface area contributed by atoms with Gasteiger partial charge in [0, 0.05) is 31.4 Å². The molecule has 5 nitrogen and oxygen atoms in total. The van der Waals surface area contributed by atoms with Gasteiger partial charge in [0.05, 0.1) is 12.2 Å². The Bertz CT molecular complexity index is 391. The van der Waals surface area contributed by atoms with Crippen LogP contribution in [-0.4, -0.2) is 41.5 Å². The van der Waals surface area contributed by atoms with Crippen LogP contribution in [-0.2, 0) is 0 Å². The number of ether oxygens (including phenoxy) is 1. The van der Waals surface area contributed by atoms with Crippen molar-refractivity contribution in [2.75, 3.05) is 19.7 Å². The molecule has 2 heterocycles. The van der Waals surface area contributed by atoms with Gasteiger partial charge >= 0.3 is 0 Å². The lowest BCUT2D eigenvalue weighted by Crippen LogP contribution is -2.31. The maximum Gasteiger partial charge on any atom is 0.255 e. The molecule has 0 radical (unpaired) electrons. The molecule has 1 fully saturated rings. The smallest absolute Gasteiger partial charge is 0.255 e. The molecule has 1 saturated heterocycles. The summed E-state index contributed by atoms with van der Waals surface area (Å²) in [6, 6.07) is 3.56. The van der Waals surface area contributed by atoms with E-state index in [0.29, 0.717) is 24.6 Å². The first kappa shape index (κ1) is 11.9. The van der Waals surface area contributed by atoms with Gasteiger partial charge in [0.1, 0.15) is 0 Å². The van der Waals surface area contributed by atoms with Gasteiger partial charge in [-0.1, -0.05) is 0 Å². The van der Waals surface area contributed by atoms with Gasteiger partial charge in [0.25, 0.3) is 5.91 Å². The predicted molar refractivity (Wildman–Crippen MR) is 63.9 cm³/mol. The highest BCUT2D eigenvalue weighted by Crippen LogP contribution is 2.14. The van der Waals surface area contributed by atoms with Crippen LogP contribution in [0.3, 0.4) is 0 Å². The van der Waals surface area contributed by atoms with E-state index in [1.807, 2.05) is 6.92 Å². The molecule has 0 saturated carbocycles. The molecule has 0 unspecified atom stereocenters. The first-order valence-electron chi connectivity index (χ1n) is 5.84. The molecule has 5 heteroatoms. The van der Waals surface area contributed by atoms with Crippen LogP contribution in [0.15, 0.2) is 18.3 Å². The van der Waals surface area contributed by atoms with E-state index in [0.717, 1.165) is 13.0 Å². The zero-order valence-electron chi connectivity index (χ0n) is 9.93. The number of amides is 1. The van der Waals surface area contributed by atoms with Crippen molar-refractivity contribution < 1.29 is 9.53 Å². The normalized spacial score (nSPS) is 19.4. The Hall–Kier alpha value is -1.62. The van der Waals surface area contributed by atoms with Crippen LogP contribution in [0.25, 0.3) is 0 Å². The molecular formula is C12H17N3O2. The van der Waals surface area contributed by atoms with E-state index in [1.165, 1.54) is 0 Å². The first-order valence-corrected chi connectivity index (χ1v) is 5.84. The molecule has 0 aliphatic carbocycles.